The molecule has 1 heterocycles. The molecule has 5 heteroatoms. The molecule has 0 aliphatic rings. The highest BCUT2D eigenvalue weighted by Crippen LogP contribution is 2.22. The van der Waals surface area contributed by atoms with Crippen LogP contribution in [0.3, 0.4) is 0 Å². The highest BCUT2D eigenvalue weighted by atomic mass is 19.1. The molecule has 102 valence electrons. The molecule has 0 aliphatic carbocycles. The van der Waals surface area contributed by atoms with Crippen molar-refractivity contribution in [2.24, 2.45) is 0 Å². The van der Waals surface area contributed by atoms with Gasteiger partial charge in [0.15, 0.2) is 0 Å². The maximum Gasteiger partial charge on any atom is 0.421 e. The Labute approximate surface area is 110 Å². The van der Waals surface area contributed by atoms with E-state index >= 15 is 0 Å². The van der Waals surface area contributed by atoms with E-state index < -0.39 is 12.5 Å². The van der Waals surface area contributed by atoms with Crippen molar-refractivity contribution in [3.05, 3.63) is 30.5 Å². The topological polar surface area (TPSA) is 40.5 Å². The van der Waals surface area contributed by atoms with E-state index in [1.54, 1.807) is 37.6 Å². The van der Waals surface area contributed by atoms with Gasteiger partial charge >= 0.3 is 6.09 Å². The van der Waals surface area contributed by atoms with Crippen molar-refractivity contribution in [3.63, 3.8) is 0 Å². The largest absolute Gasteiger partial charge is 0.497 e. The molecule has 0 spiro atoms. The lowest BCUT2D eigenvalue weighted by Gasteiger charge is -2.10. The number of alkyl halides is 1. The minimum Gasteiger partial charge on any atom is -0.497 e. The van der Waals surface area contributed by atoms with Gasteiger partial charge in [-0.05, 0) is 30.7 Å². The van der Waals surface area contributed by atoms with E-state index in [1.807, 2.05) is 6.92 Å². The number of fused-ring (bicyclic) bond motifs is 1. The lowest BCUT2D eigenvalue weighted by Crippen LogP contribution is -2.18. The molecule has 1 aromatic carbocycles. The summed E-state index contributed by atoms with van der Waals surface area (Å²) < 4.78 is 24.4. The molecule has 0 amide bonds. The van der Waals surface area contributed by atoms with E-state index in [0.29, 0.717) is 17.7 Å². The zero-order chi connectivity index (χ0) is 13.8. The Morgan fingerprint density at radius 1 is 1.42 bits per heavy atom. The molecule has 0 N–H and O–H groups in total. The Morgan fingerprint density at radius 2 is 2.21 bits per heavy atom. The lowest BCUT2D eigenvalue weighted by atomic mass is 10.2. The average molecular weight is 265 g/mol. The summed E-state index contributed by atoms with van der Waals surface area (Å²) in [7, 11) is 1.57. The summed E-state index contributed by atoms with van der Waals surface area (Å²) in [5.74, 6) is 0.702. The fourth-order valence-corrected chi connectivity index (χ4v) is 1.86. The number of methoxy groups -OCH3 is 1. The van der Waals surface area contributed by atoms with Crippen molar-refractivity contribution in [1.82, 2.24) is 4.57 Å². The van der Waals surface area contributed by atoms with Gasteiger partial charge in [-0.2, -0.15) is 0 Å². The van der Waals surface area contributed by atoms with Crippen LogP contribution in [-0.4, -0.2) is 24.1 Å². The van der Waals surface area contributed by atoms with Gasteiger partial charge in [-0.25, -0.2) is 9.18 Å². The predicted molar refractivity (Wildman–Crippen MR) is 70.2 cm³/mol. The van der Waals surface area contributed by atoms with Crippen LogP contribution in [0, 0.1) is 0 Å². The highest BCUT2D eigenvalue weighted by molar-refractivity contribution is 5.90. The summed E-state index contributed by atoms with van der Waals surface area (Å²) in [5.41, 5.74) is 0.662. The number of carbonyl (C=O) groups is 1. The summed E-state index contributed by atoms with van der Waals surface area (Å²) in [6.45, 7) is 1.83. The quantitative estimate of drug-likeness (QED) is 0.845. The van der Waals surface area contributed by atoms with E-state index in [2.05, 4.69) is 0 Å². The number of benzene rings is 1. The lowest BCUT2D eigenvalue weighted by molar-refractivity contribution is 0.00940. The molecule has 0 bridgehead atoms. The van der Waals surface area contributed by atoms with Crippen molar-refractivity contribution < 1.29 is 18.7 Å². The molecular formula is C14H16FNO3. The number of hydrogen-bond donors (Lipinski definition) is 0. The number of rotatable bonds is 4. The first-order chi connectivity index (χ1) is 9.15. The number of aromatic nitrogens is 1. The van der Waals surface area contributed by atoms with Gasteiger partial charge in [0.2, 0.25) is 6.36 Å². The third-order valence-electron chi connectivity index (χ3n) is 2.84. The van der Waals surface area contributed by atoms with Crippen LogP contribution in [0.5, 0.6) is 5.75 Å². The van der Waals surface area contributed by atoms with Gasteiger partial charge in [-0.15, -0.1) is 0 Å². The van der Waals surface area contributed by atoms with Crippen LogP contribution in [0.25, 0.3) is 10.9 Å². The van der Waals surface area contributed by atoms with Crippen LogP contribution in [0.1, 0.15) is 19.8 Å². The van der Waals surface area contributed by atoms with Gasteiger partial charge in [-0.1, -0.05) is 6.92 Å². The second-order valence-electron chi connectivity index (χ2n) is 4.19. The third kappa shape index (κ3) is 2.86. The van der Waals surface area contributed by atoms with Gasteiger partial charge < -0.3 is 9.47 Å². The third-order valence-corrected chi connectivity index (χ3v) is 2.84. The van der Waals surface area contributed by atoms with Crippen molar-refractivity contribution in [2.45, 2.75) is 26.1 Å². The normalized spacial score (nSPS) is 12.4. The number of halogens is 1. The summed E-state index contributed by atoms with van der Waals surface area (Å²) >= 11 is 0. The fraction of sp³-hybridized carbons (Fsp3) is 0.357. The van der Waals surface area contributed by atoms with E-state index in [9.17, 15) is 9.18 Å². The van der Waals surface area contributed by atoms with Crippen molar-refractivity contribution in [2.75, 3.05) is 7.11 Å². The summed E-state index contributed by atoms with van der Waals surface area (Å²) in [6.07, 6.45) is 0.122. The number of hydrogen-bond acceptors (Lipinski definition) is 3. The van der Waals surface area contributed by atoms with Gasteiger partial charge in [0.05, 0.1) is 12.6 Å². The fourth-order valence-electron chi connectivity index (χ4n) is 1.86. The van der Waals surface area contributed by atoms with E-state index in [4.69, 9.17) is 9.47 Å². The van der Waals surface area contributed by atoms with Crippen molar-refractivity contribution in [1.29, 1.82) is 0 Å². The van der Waals surface area contributed by atoms with Crippen molar-refractivity contribution >= 4 is 17.0 Å². The number of carbonyl (C=O) groups excluding carboxylic acids is 1. The molecule has 1 atom stereocenters. The minimum absolute atomic E-state index is 0.207. The van der Waals surface area contributed by atoms with Crippen LogP contribution in [0.2, 0.25) is 0 Å². The molecule has 1 aromatic heterocycles. The Kier molecular flexibility index (Phi) is 4.04. The van der Waals surface area contributed by atoms with E-state index in [-0.39, 0.29) is 6.42 Å². The minimum atomic E-state index is -1.56. The number of nitrogens with zero attached hydrogens (tertiary/aromatic N) is 1. The standard InChI is InChI=1S/C14H16FNO3/c1-3-4-13(15)19-14(17)16-8-7-10-9-11(18-2)5-6-12(10)16/h5-9,13H,3-4H2,1-2H3. The molecule has 0 saturated heterocycles. The Morgan fingerprint density at radius 3 is 2.89 bits per heavy atom. The smallest absolute Gasteiger partial charge is 0.421 e. The van der Waals surface area contributed by atoms with Gasteiger partial charge in [0, 0.05) is 18.0 Å². The summed E-state index contributed by atoms with van der Waals surface area (Å²) in [6, 6.07) is 7.04. The first kappa shape index (κ1) is 13.4. The zero-order valence-corrected chi connectivity index (χ0v) is 10.9. The molecule has 1 unspecified atom stereocenters. The van der Waals surface area contributed by atoms with Gasteiger partial charge in [0.25, 0.3) is 0 Å². The molecule has 0 fully saturated rings. The maximum absolute atomic E-state index is 13.3. The van der Waals surface area contributed by atoms with Gasteiger partial charge in [-0.3, -0.25) is 4.57 Å². The molecule has 2 aromatic rings. The summed E-state index contributed by atoms with van der Waals surface area (Å²) in [4.78, 5) is 11.8. The first-order valence-electron chi connectivity index (χ1n) is 6.16. The second-order valence-corrected chi connectivity index (χ2v) is 4.19. The van der Waals surface area contributed by atoms with Crippen LogP contribution in [0.15, 0.2) is 30.5 Å². The average Bonchev–Trinajstić information content (AvgIpc) is 2.81. The van der Waals surface area contributed by atoms with Crippen LogP contribution in [-0.2, 0) is 4.74 Å². The SMILES string of the molecule is CCCC(F)OC(=O)n1ccc2cc(OC)ccc21. The predicted octanol–water partition coefficient (Wildman–Crippen LogP) is 3.73. The molecule has 0 radical (unpaired) electrons. The molecular weight excluding hydrogens is 249 g/mol. The highest BCUT2D eigenvalue weighted by Gasteiger charge is 2.15. The molecule has 4 nitrogen and oxygen atoms in total. The molecule has 0 aliphatic heterocycles. The second kappa shape index (κ2) is 5.73. The van der Waals surface area contributed by atoms with Crippen LogP contribution >= 0.6 is 0 Å². The maximum atomic E-state index is 13.3. The Bertz CT molecular complexity index is 579. The van der Waals surface area contributed by atoms with Gasteiger partial charge in [0.1, 0.15) is 5.75 Å². The number of ether oxygens (including phenoxy) is 2. The monoisotopic (exact) mass is 265 g/mol. The Balaban J connectivity index is 2.23. The van der Waals surface area contributed by atoms with E-state index in [1.165, 1.54) is 4.57 Å². The van der Waals surface area contributed by atoms with Crippen LogP contribution < -0.4 is 4.74 Å². The van der Waals surface area contributed by atoms with E-state index in [0.717, 1.165) is 5.39 Å². The molecule has 19 heavy (non-hydrogen) atoms. The first-order valence-corrected chi connectivity index (χ1v) is 6.16. The summed E-state index contributed by atoms with van der Waals surface area (Å²) in [5, 5.41) is 0.835. The van der Waals surface area contributed by atoms with Crippen molar-refractivity contribution in [3.8, 4) is 5.75 Å². The Hall–Kier alpha value is -2.04. The zero-order valence-electron chi connectivity index (χ0n) is 10.9. The molecule has 2 rings (SSSR count). The van der Waals surface area contributed by atoms with Crippen LogP contribution in [0.4, 0.5) is 9.18 Å². The molecule has 0 saturated carbocycles.